The summed E-state index contributed by atoms with van der Waals surface area (Å²) in [5.41, 5.74) is 0.130. The predicted octanol–water partition coefficient (Wildman–Crippen LogP) is 3.86. The third kappa shape index (κ3) is 6.48. The van der Waals surface area contributed by atoms with Gasteiger partial charge in [0.25, 0.3) is 0 Å². The van der Waals surface area contributed by atoms with Crippen LogP contribution in [-0.2, 0) is 27.4 Å². The Morgan fingerprint density at radius 3 is 2.39 bits per heavy atom. The predicted molar refractivity (Wildman–Crippen MR) is 117 cm³/mol. The molecule has 0 aliphatic carbocycles. The molecule has 180 valence electrons. The number of benzene rings is 2. The Hall–Kier alpha value is -2.59. The molecule has 2 aromatic carbocycles. The molecule has 1 fully saturated rings. The normalized spacial score (nSPS) is 15.9. The highest BCUT2D eigenvalue weighted by atomic mass is 32.2. The topological polar surface area (TPSA) is 75.7 Å². The van der Waals surface area contributed by atoms with Crippen molar-refractivity contribution in [3.8, 4) is 5.75 Å². The summed E-state index contributed by atoms with van der Waals surface area (Å²) >= 11 is 0. The number of nitrogens with zero attached hydrogens (tertiary/aromatic N) is 1. The number of carbonyl (C=O) groups excluding carboxylic acids is 1. The number of rotatable bonds is 8. The van der Waals surface area contributed by atoms with E-state index in [0.29, 0.717) is 25.5 Å². The molecule has 1 aliphatic rings. The molecule has 1 N–H and O–H groups in total. The second-order valence-corrected chi connectivity index (χ2v) is 9.88. The van der Waals surface area contributed by atoms with E-state index >= 15 is 0 Å². The number of aryl methyl sites for hydroxylation is 1. The van der Waals surface area contributed by atoms with Crippen LogP contribution in [0.3, 0.4) is 0 Å². The number of halogens is 3. The van der Waals surface area contributed by atoms with Gasteiger partial charge in [-0.05, 0) is 61.6 Å². The maximum atomic E-state index is 12.9. The summed E-state index contributed by atoms with van der Waals surface area (Å²) < 4.78 is 70.6. The number of methoxy groups -OCH3 is 1. The number of sulfonamides is 1. The fourth-order valence-electron chi connectivity index (χ4n) is 3.78. The van der Waals surface area contributed by atoms with Crippen LogP contribution in [0, 0.1) is 5.92 Å². The molecule has 33 heavy (non-hydrogen) atoms. The molecule has 1 aliphatic heterocycles. The molecule has 6 nitrogen and oxygen atoms in total. The number of piperidine rings is 1. The standard InChI is InChI=1S/C23H27F3N2O4S/c1-32-20-9-7-17(8-10-20)4-3-13-27-22(29)18-11-14-28(15-12-18)33(30,31)21-6-2-5-19(16-21)23(24,25)26/h2,5-10,16,18H,3-4,11-15H2,1H3,(H,27,29). The largest absolute Gasteiger partial charge is 0.497 e. The summed E-state index contributed by atoms with van der Waals surface area (Å²) in [6.45, 7) is 0.679. The van der Waals surface area contributed by atoms with Gasteiger partial charge in [0.15, 0.2) is 0 Å². The van der Waals surface area contributed by atoms with E-state index in [1.807, 2.05) is 24.3 Å². The van der Waals surface area contributed by atoms with Crippen molar-refractivity contribution in [3.63, 3.8) is 0 Å². The molecule has 2 aromatic rings. The molecular weight excluding hydrogens is 457 g/mol. The molecule has 1 saturated heterocycles. The van der Waals surface area contributed by atoms with Crippen molar-refractivity contribution in [2.75, 3.05) is 26.7 Å². The molecule has 10 heteroatoms. The van der Waals surface area contributed by atoms with Crippen molar-refractivity contribution in [1.82, 2.24) is 9.62 Å². The van der Waals surface area contributed by atoms with Gasteiger partial charge in [-0.1, -0.05) is 18.2 Å². The van der Waals surface area contributed by atoms with Gasteiger partial charge in [-0.3, -0.25) is 4.79 Å². The Bertz CT molecular complexity index is 1050. The van der Waals surface area contributed by atoms with Gasteiger partial charge < -0.3 is 10.1 Å². The molecule has 1 amide bonds. The number of hydrogen-bond donors (Lipinski definition) is 1. The number of alkyl halides is 3. The lowest BCUT2D eigenvalue weighted by Crippen LogP contribution is -2.43. The fourth-order valence-corrected chi connectivity index (χ4v) is 5.30. The van der Waals surface area contributed by atoms with E-state index in [4.69, 9.17) is 4.74 Å². The smallest absolute Gasteiger partial charge is 0.416 e. The van der Waals surface area contributed by atoms with Gasteiger partial charge in [-0.2, -0.15) is 17.5 Å². The van der Waals surface area contributed by atoms with Gasteiger partial charge in [-0.25, -0.2) is 8.42 Å². The maximum Gasteiger partial charge on any atom is 0.416 e. The summed E-state index contributed by atoms with van der Waals surface area (Å²) in [6, 6.07) is 11.4. The van der Waals surface area contributed by atoms with Crippen molar-refractivity contribution in [3.05, 3.63) is 59.7 Å². The molecule has 0 saturated carbocycles. The van der Waals surface area contributed by atoms with E-state index < -0.39 is 26.7 Å². The Kier molecular flexibility index (Phi) is 8.01. The lowest BCUT2D eigenvalue weighted by molar-refractivity contribution is -0.137. The van der Waals surface area contributed by atoms with Crippen molar-refractivity contribution in [1.29, 1.82) is 0 Å². The Morgan fingerprint density at radius 1 is 1.12 bits per heavy atom. The minimum atomic E-state index is -4.62. The van der Waals surface area contributed by atoms with Crippen LogP contribution >= 0.6 is 0 Å². The average Bonchev–Trinajstić information content (AvgIpc) is 2.81. The summed E-state index contributed by atoms with van der Waals surface area (Å²) in [5, 5.41) is 2.90. The van der Waals surface area contributed by atoms with Gasteiger partial charge in [-0.15, -0.1) is 0 Å². The minimum absolute atomic E-state index is 0.0858. The van der Waals surface area contributed by atoms with Gasteiger partial charge in [0.1, 0.15) is 5.75 Å². The van der Waals surface area contributed by atoms with E-state index in [0.717, 1.165) is 46.7 Å². The highest BCUT2D eigenvalue weighted by Crippen LogP contribution is 2.32. The lowest BCUT2D eigenvalue weighted by atomic mass is 9.97. The SMILES string of the molecule is COc1ccc(CCCNC(=O)C2CCN(S(=O)(=O)c3cccc(C(F)(F)F)c3)CC2)cc1. The minimum Gasteiger partial charge on any atom is -0.497 e. The first-order valence-electron chi connectivity index (χ1n) is 10.7. The van der Waals surface area contributed by atoms with E-state index in [-0.39, 0.29) is 24.9 Å². The third-order valence-electron chi connectivity index (χ3n) is 5.72. The maximum absolute atomic E-state index is 12.9. The summed E-state index contributed by atoms with van der Waals surface area (Å²) in [5.74, 6) is 0.341. The lowest BCUT2D eigenvalue weighted by Gasteiger charge is -2.30. The highest BCUT2D eigenvalue weighted by molar-refractivity contribution is 7.89. The molecular formula is C23H27F3N2O4S. The Labute approximate surface area is 191 Å². The molecule has 0 aromatic heterocycles. The van der Waals surface area contributed by atoms with Crippen molar-refractivity contribution < 1.29 is 31.1 Å². The number of hydrogen-bond acceptors (Lipinski definition) is 4. The van der Waals surface area contributed by atoms with Crippen LogP contribution in [0.15, 0.2) is 53.4 Å². The van der Waals surface area contributed by atoms with Crippen LogP contribution in [0.25, 0.3) is 0 Å². The van der Waals surface area contributed by atoms with Gasteiger partial charge in [0.05, 0.1) is 17.6 Å². The van der Waals surface area contributed by atoms with E-state index in [9.17, 15) is 26.4 Å². The van der Waals surface area contributed by atoms with Crippen LogP contribution in [0.5, 0.6) is 5.75 Å². The van der Waals surface area contributed by atoms with E-state index in [1.165, 1.54) is 0 Å². The highest BCUT2D eigenvalue weighted by Gasteiger charge is 2.35. The molecule has 0 radical (unpaired) electrons. The first-order valence-corrected chi connectivity index (χ1v) is 12.1. The zero-order chi connectivity index (χ0) is 24.1. The van der Waals surface area contributed by atoms with E-state index in [1.54, 1.807) is 7.11 Å². The van der Waals surface area contributed by atoms with Crippen LogP contribution < -0.4 is 10.1 Å². The Morgan fingerprint density at radius 2 is 1.79 bits per heavy atom. The third-order valence-corrected chi connectivity index (χ3v) is 7.62. The zero-order valence-corrected chi connectivity index (χ0v) is 19.1. The van der Waals surface area contributed by atoms with Crippen molar-refractivity contribution in [2.24, 2.45) is 5.92 Å². The summed E-state index contributed by atoms with van der Waals surface area (Å²) in [6.07, 6.45) is -2.41. The quantitative estimate of drug-likeness (QED) is 0.578. The molecule has 3 rings (SSSR count). The second-order valence-electron chi connectivity index (χ2n) is 7.95. The second kappa shape index (κ2) is 10.6. The summed E-state index contributed by atoms with van der Waals surface area (Å²) in [7, 11) is -2.45. The number of amides is 1. The molecule has 0 spiro atoms. The monoisotopic (exact) mass is 484 g/mol. The van der Waals surface area contributed by atoms with Gasteiger partial charge in [0, 0.05) is 25.6 Å². The van der Waals surface area contributed by atoms with E-state index in [2.05, 4.69) is 5.32 Å². The number of carbonyl (C=O) groups is 1. The first-order chi connectivity index (χ1) is 15.6. The molecule has 0 unspecified atom stereocenters. The van der Waals surface area contributed by atoms with Crippen molar-refractivity contribution in [2.45, 2.75) is 36.8 Å². The van der Waals surface area contributed by atoms with Crippen LogP contribution in [-0.4, -0.2) is 45.4 Å². The average molecular weight is 485 g/mol. The van der Waals surface area contributed by atoms with Crippen LogP contribution in [0.2, 0.25) is 0 Å². The van der Waals surface area contributed by atoms with Crippen LogP contribution in [0.1, 0.15) is 30.4 Å². The number of nitrogens with one attached hydrogen (secondary N) is 1. The molecule has 0 bridgehead atoms. The molecule has 0 atom stereocenters. The van der Waals surface area contributed by atoms with Crippen molar-refractivity contribution >= 4 is 15.9 Å². The fraction of sp³-hybridized carbons (Fsp3) is 0.435. The zero-order valence-electron chi connectivity index (χ0n) is 18.3. The van der Waals surface area contributed by atoms with Gasteiger partial charge in [0.2, 0.25) is 15.9 Å². The van der Waals surface area contributed by atoms with Crippen LogP contribution in [0.4, 0.5) is 13.2 Å². The van der Waals surface area contributed by atoms with Gasteiger partial charge >= 0.3 is 6.18 Å². The number of ether oxygens (including phenoxy) is 1. The molecule has 1 heterocycles. The Balaban J connectivity index is 1.47. The summed E-state index contributed by atoms with van der Waals surface area (Å²) in [4.78, 5) is 12.1. The first kappa shape index (κ1) is 25.0.